The first-order chi connectivity index (χ1) is 8.65. The molecular weight excluding hydrogens is 232 g/mol. The minimum atomic E-state index is -0.931. The van der Waals surface area contributed by atoms with E-state index >= 15 is 0 Å². The summed E-state index contributed by atoms with van der Waals surface area (Å²) in [6.07, 6.45) is 0. The lowest BCUT2D eigenvalue weighted by molar-refractivity contribution is 0.0690. The molecule has 0 aliphatic carbocycles. The monoisotopic (exact) mass is 250 g/mol. The molecule has 5 nitrogen and oxygen atoms in total. The Morgan fingerprint density at radius 2 is 2.06 bits per heavy atom. The van der Waals surface area contributed by atoms with E-state index in [0.717, 1.165) is 26.2 Å². The molecule has 0 atom stereocenters. The van der Waals surface area contributed by atoms with Crippen molar-refractivity contribution in [1.82, 2.24) is 9.80 Å². The highest BCUT2D eigenvalue weighted by Crippen LogP contribution is 2.14. The van der Waals surface area contributed by atoms with Crippen LogP contribution in [0, 0.1) is 0 Å². The third-order valence-electron chi connectivity index (χ3n) is 3.09. The van der Waals surface area contributed by atoms with Crippen LogP contribution in [0.1, 0.15) is 10.4 Å². The number of carboxylic acid groups (broad SMARTS) is 1. The van der Waals surface area contributed by atoms with Gasteiger partial charge in [0.2, 0.25) is 0 Å². The predicted molar refractivity (Wildman–Crippen MR) is 68.0 cm³/mol. The molecule has 1 heterocycles. The number of benzene rings is 1. The lowest BCUT2D eigenvalue weighted by Gasteiger charge is -2.31. The van der Waals surface area contributed by atoms with Crippen LogP contribution in [0.15, 0.2) is 24.3 Å². The summed E-state index contributed by atoms with van der Waals surface area (Å²) in [5.74, 6) is -0.325. The largest absolute Gasteiger partial charge is 0.478 e. The number of carboxylic acids is 1. The van der Waals surface area contributed by atoms with E-state index in [4.69, 9.17) is 9.84 Å². The second-order valence-electron chi connectivity index (χ2n) is 4.53. The molecule has 1 saturated heterocycles. The molecule has 98 valence electrons. The van der Waals surface area contributed by atoms with E-state index < -0.39 is 5.97 Å². The SMILES string of the molecule is CN1CCN(COc2cccc(C(=O)O)c2)CC1. The molecular formula is C13H18N2O3. The highest BCUT2D eigenvalue weighted by atomic mass is 16.5. The summed E-state index contributed by atoms with van der Waals surface area (Å²) in [5.41, 5.74) is 0.255. The molecule has 0 aromatic heterocycles. The number of hydrogen-bond acceptors (Lipinski definition) is 4. The lowest BCUT2D eigenvalue weighted by Crippen LogP contribution is -2.45. The summed E-state index contributed by atoms with van der Waals surface area (Å²) in [7, 11) is 2.11. The molecule has 2 rings (SSSR count). The minimum Gasteiger partial charge on any atom is -0.478 e. The second-order valence-corrected chi connectivity index (χ2v) is 4.53. The van der Waals surface area contributed by atoms with Crippen LogP contribution in [0.5, 0.6) is 5.75 Å². The van der Waals surface area contributed by atoms with E-state index in [1.807, 2.05) is 0 Å². The summed E-state index contributed by atoms with van der Waals surface area (Å²) in [6.45, 7) is 4.55. The fourth-order valence-corrected chi connectivity index (χ4v) is 1.86. The van der Waals surface area contributed by atoms with Crippen LogP contribution in [-0.2, 0) is 0 Å². The van der Waals surface area contributed by atoms with Gasteiger partial charge < -0.3 is 14.7 Å². The summed E-state index contributed by atoms with van der Waals surface area (Å²) in [4.78, 5) is 15.3. The van der Waals surface area contributed by atoms with Gasteiger partial charge in [0.15, 0.2) is 0 Å². The Kier molecular flexibility index (Phi) is 4.17. The number of likely N-dealkylation sites (N-methyl/N-ethyl adjacent to an activating group) is 1. The number of piperazine rings is 1. The molecule has 5 heteroatoms. The zero-order valence-electron chi connectivity index (χ0n) is 10.5. The summed E-state index contributed by atoms with van der Waals surface area (Å²) < 4.78 is 5.62. The molecule has 0 spiro atoms. The fraction of sp³-hybridized carbons (Fsp3) is 0.462. The Balaban J connectivity index is 1.86. The molecule has 1 fully saturated rings. The molecule has 1 N–H and O–H groups in total. The van der Waals surface area contributed by atoms with Gasteiger partial charge in [-0.15, -0.1) is 0 Å². The average Bonchev–Trinajstić information content (AvgIpc) is 2.38. The average molecular weight is 250 g/mol. The van der Waals surface area contributed by atoms with Gasteiger partial charge in [-0.25, -0.2) is 4.79 Å². The second kappa shape index (κ2) is 5.84. The first kappa shape index (κ1) is 12.9. The van der Waals surface area contributed by atoms with Crippen molar-refractivity contribution in [2.24, 2.45) is 0 Å². The Bertz CT molecular complexity index is 414. The lowest BCUT2D eigenvalue weighted by atomic mass is 10.2. The van der Waals surface area contributed by atoms with Crippen molar-refractivity contribution in [3.8, 4) is 5.75 Å². The normalized spacial score (nSPS) is 17.6. The minimum absolute atomic E-state index is 0.255. The Morgan fingerprint density at radius 1 is 1.33 bits per heavy atom. The van der Waals surface area contributed by atoms with Crippen LogP contribution in [-0.4, -0.2) is 60.8 Å². The summed E-state index contributed by atoms with van der Waals surface area (Å²) in [5, 5.41) is 8.88. The summed E-state index contributed by atoms with van der Waals surface area (Å²) >= 11 is 0. The van der Waals surface area contributed by atoms with Gasteiger partial charge in [0.25, 0.3) is 0 Å². The Labute approximate surface area is 107 Å². The maximum absolute atomic E-state index is 10.8. The number of nitrogens with zero attached hydrogens (tertiary/aromatic N) is 2. The Hall–Kier alpha value is -1.59. The van der Waals surface area contributed by atoms with E-state index in [-0.39, 0.29) is 5.56 Å². The standard InChI is InChI=1S/C13H18N2O3/c1-14-5-7-15(8-6-14)10-18-12-4-2-3-11(9-12)13(16)17/h2-4,9H,5-8,10H2,1H3,(H,16,17). The van der Waals surface area contributed by atoms with Crippen LogP contribution in [0.3, 0.4) is 0 Å². The quantitative estimate of drug-likeness (QED) is 0.863. The van der Waals surface area contributed by atoms with Crippen molar-refractivity contribution >= 4 is 5.97 Å². The molecule has 0 unspecified atom stereocenters. The molecule has 0 saturated carbocycles. The van der Waals surface area contributed by atoms with Crippen molar-refractivity contribution in [1.29, 1.82) is 0 Å². The number of carbonyl (C=O) groups is 1. The van der Waals surface area contributed by atoms with Gasteiger partial charge in [-0.05, 0) is 25.2 Å². The van der Waals surface area contributed by atoms with E-state index in [1.54, 1.807) is 24.3 Å². The van der Waals surface area contributed by atoms with E-state index in [9.17, 15) is 4.79 Å². The topological polar surface area (TPSA) is 53.0 Å². The first-order valence-electron chi connectivity index (χ1n) is 6.02. The maximum atomic E-state index is 10.8. The fourth-order valence-electron chi connectivity index (χ4n) is 1.86. The zero-order chi connectivity index (χ0) is 13.0. The van der Waals surface area contributed by atoms with Crippen molar-refractivity contribution < 1.29 is 14.6 Å². The highest BCUT2D eigenvalue weighted by molar-refractivity contribution is 5.87. The molecule has 1 aliphatic heterocycles. The van der Waals surface area contributed by atoms with Crippen molar-refractivity contribution in [3.05, 3.63) is 29.8 Å². The molecule has 1 aromatic rings. The first-order valence-corrected chi connectivity index (χ1v) is 6.02. The van der Waals surface area contributed by atoms with Crippen LogP contribution >= 0.6 is 0 Å². The number of rotatable bonds is 4. The van der Waals surface area contributed by atoms with Gasteiger partial charge in [0, 0.05) is 26.2 Å². The Morgan fingerprint density at radius 3 is 2.72 bits per heavy atom. The van der Waals surface area contributed by atoms with Crippen LogP contribution in [0.2, 0.25) is 0 Å². The number of hydrogen-bond donors (Lipinski definition) is 1. The molecule has 1 aliphatic rings. The number of aromatic carboxylic acids is 1. The maximum Gasteiger partial charge on any atom is 0.335 e. The van der Waals surface area contributed by atoms with Crippen molar-refractivity contribution in [2.45, 2.75) is 0 Å². The van der Waals surface area contributed by atoms with Gasteiger partial charge in [-0.2, -0.15) is 0 Å². The van der Waals surface area contributed by atoms with E-state index in [2.05, 4.69) is 16.8 Å². The highest BCUT2D eigenvalue weighted by Gasteiger charge is 2.14. The molecule has 0 amide bonds. The van der Waals surface area contributed by atoms with Gasteiger partial charge in [-0.1, -0.05) is 6.07 Å². The van der Waals surface area contributed by atoms with Crippen LogP contribution in [0.4, 0.5) is 0 Å². The van der Waals surface area contributed by atoms with Crippen molar-refractivity contribution in [3.63, 3.8) is 0 Å². The summed E-state index contributed by atoms with van der Waals surface area (Å²) in [6, 6.07) is 6.59. The van der Waals surface area contributed by atoms with Gasteiger partial charge in [0.05, 0.1) is 5.56 Å². The third kappa shape index (κ3) is 3.45. The molecule has 1 aromatic carbocycles. The smallest absolute Gasteiger partial charge is 0.335 e. The molecule has 0 bridgehead atoms. The molecule has 0 radical (unpaired) electrons. The van der Waals surface area contributed by atoms with Crippen LogP contribution in [0.25, 0.3) is 0 Å². The van der Waals surface area contributed by atoms with Gasteiger partial charge in [0.1, 0.15) is 12.5 Å². The van der Waals surface area contributed by atoms with E-state index in [0.29, 0.717) is 12.5 Å². The predicted octanol–water partition coefficient (Wildman–Crippen LogP) is 0.968. The van der Waals surface area contributed by atoms with Crippen LogP contribution < -0.4 is 4.74 Å². The van der Waals surface area contributed by atoms with Gasteiger partial charge in [-0.3, -0.25) is 4.90 Å². The van der Waals surface area contributed by atoms with Gasteiger partial charge >= 0.3 is 5.97 Å². The molecule has 18 heavy (non-hydrogen) atoms. The van der Waals surface area contributed by atoms with Crippen molar-refractivity contribution in [2.75, 3.05) is 40.0 Å². The van der Waals surface area contributed by atoms with E-state index in [1.165, 1.54) is 0 Å². The number of ether oxygens (including phenoxy) is 1. The third-order valence-corrected chi connectivity index (χ3v) is 3.09. The zero-order valence-corrected chi connectivity index (χ0v) is 10.5.